The molecular weight excluding hydrogens is 454 g/mol. The van der Waals surface area contributed by atoms with E-state index >= 15 is 0 Å². The molecule has 2 aromatic heterocycles. The van der Waals surface area contributed by atoms with E-state index in [9.17, 15) is 15.2 Å². The van der Waals surface area contributed by atoms with Crippen molar-refractivity contribution in [3.05, 3.63) is 104 Å². The molecule has 1 atom stereocenters. The minimum absolute atomic E-state index is 0.0697. The third-order valence-corrected chi connectivity index (χ3v) is 6.30. The summed E-state index contributed by atoms with van der Waals surface area (Å²) in [6.45, 7) is 1.68. The molecule has 3 N–H and O–H groups in total. The van der Waals surface area contributed by atoms with Gasteiger partial charge in [-0.05, 0) is 47.4 Å². The van der Waals surface area contributed by atoms with Crippen molar-refractivity contribution in [3.8, 4) is 22.9 Å². The quantitative estimate of drug-likeness (QED) is 0.332. The second-order valence-corrected chi connectivity index (χ2v) is 8.36. The predicted molar refractivity (Wildman–Crippen MR) is 127 cm³/mol. The van der Waals surface area contributed by atoms with Gasteiger partial charge in [-0.25, -0.2) is 9.78 Å². The van der Waals surface area contributed by atoms with Crippen molar-refractivity contribution in [2.45, 2.75) is 19.4 Å². The molecule has 0 aliphatic carbocycles. The first kappa shape index (κ1) is 21.7. The molecular formula is C26H18ClN3O4. The van der Waals surface area contributed by atoms with Gasteiger partial charge in [0, 0.05) is 11.8 Å². The van der Waals surface area contributed by atoms with E-state index in [2.05, 4.69) is 11.1 Å². The first-order valence-electron chi connectivity index (χ1n) is 10.4. The zero-order valence-electron chi connectivity index (χ0n) is 18.0. The fraction of sp³-hybridized carbons (Fsp3) is 0.115. The average molecular weight is 472 g/mol. The number of aliphatic hydroxyl groups is 1. The van der Waals surface area contributed by atoms with Crippen molar-refractivity contribution in [1.82, 2.24) is 4.98 Å². The highest BCUT2D eigenvalue weighted by molar-refractivity contribution is 6.30. The number of nitrogens with two attached hydrogens (primary N) is 1. The lowest BCUT2D eigenvalue weighted by atomic mass is 9.83. The molecule has 5 rings (SSSR count). The van der Waals surface area contributed by atoms with Crippen LogP contribution in [0.2, 0.25) is 5.15 Å². The monoisotopic (exact) mass is 471 g/mol. The van der Waals surface area contributed by atoms with Crippen LogP contribution in [0.3, 0.4) is 0 Å². The number of hydrogen-bond acceptors (Lipinski definition) is 7. The number of hydrogen-bond donors (Lipinski definition) is 2. The molecule has 1 aliphatic rings. The lowest BCUT2D eigenvalue weighted by Gasteiger charge is -2.26. The summed E-state index contributed by atoms with van der Waals surface area (Å²) in [6, 6.07) is 16.4. The fourth-order valence-corrected chi connectivity index (χ4v) is 4.28. The molecule has 4 aromatic rings. The zero-order chi connectivity index (χ0) is 24.0. The standard InChI is InChI=1S/C26H18ClN3O4/c1-13-8-17(11-30-24(13)27)15-3-5-16(6-4-15)21-19(10-28)25(29)34-23-18-7-2-14(12-31)9-20(18)33-26(32)22(21)23/h2-9,11,21,31H,12,29H2,1H3. The molecule has 8 heteroatoms. The summed E-state index contributed by atoms with van der Waals surface area (Å²) in [5.74, 6) is -0.579. The van der Waals surface area contributed by atoms with E-state index in [4.69, 9.17) is 26.5 Å². The van der Waals surface area contributed by atoms with Crippen LogP contribution < -0.4 is 16.1 Å². The number of halogens is 1. The molecule has 7 nitrogen and oxygen atoms in total. The van der Waals surface area contributed by atoms with E-state index in [1.807, 2.05) is 37.3 Å². The van der Waals surface area contributed by atoms with Crippen molar-refractivity contribution >= 4 is 22.6 Å². The van der Waals surface area contributed by atoms with Gasteiger partial charge in [0.15, 0.2) is 5.75 Å². The molecule has 0 spiro atoms. The van der Waals surface area contributed by atoms with Crippen molar-refractivity contribution < 1.29 is 14.3 Å². The second kappa shape index (κ2) is 8.34. The van der Waals surface area contributed by atoms with Gasteiger partial charge in [-0.1, -0.05) is 41.9 Å². The average Bonchev–Trinajstić information content (AvgIpc) is 2.84. The summed E-state index contributed by atoms with van der Waals surface area (Å²) >= 11 is 6.04. The predicted octanol–water partition coefficient (Wildman–Crippen LogP) is 4.53. The van der Waals surface area contributed by atoms with Gasteiger partial charge >= 0.3 is 5.63 Å². The number of benzene rings is 2. The molecule has 0 saturated heterocycles. The first-order valence-corrected chi connectivity index (χ1v) is 10.8. The summed E-state index contributed by atoms with van der Waals surface area (Å²) in [6.07, 6.45) is 1.69. The van der Waals surface area contributed by atoms with Gasteiger partial charge in [0.2, 0.25) is 5.88 Å². The maximum Gasteiger partial charge on any atom is 0.344 e. The third-order valence-electron chi connectivity index (χ3n) is 5.91. The van der Waals surface area contributed by atoms with Gasteiger partial charge in [0.1, 0.15) is 22.4 Å². The van der Waals surface area contributed by atoms with Crippen molar-refractivity contribution in [3.63, 3.8) is 0 Å². The molecule has 0 fully saturated rings. The highest BCUT2D eigenvalue weighted by Crippen LogP contribution is 2.43. The Morgan fingerprint density at radius 3 is 2.62 bits per heavy atom. The van der Waals surface area contributed by atoms with Crippen LogP contribution in [0.4, 0.5) is 0 Å². The van der Waals surface area contributed by atoms with Crippen LogP contribution in [0.25, 0.3) is 22.1 Å². The van der Waals surface area contributed by atoms with Gasteiger partial charge in [-0.15, -0.1) is 0 Å². The highest BCUT2D eigenvalue weighted by Gasteiger charge is 2.35. The number of pyridine rings is 1. The number of nitriles is 1. The zero-order valence-corrected chi connectivity index (χ0v) is 18.8. The van der Waals surface area contributed by atoms with Crippen molar-refractivity contribution in [1.29, 1.82) is 5.26 Å². The number of aromatic nitrogens is 1. The van der Waals surface area contributed by atoms with Gasteiger partial charge in [-0.3, -0.25) is 0 Å². The summed E-state index contributed by atoms with van der Waals surface area (Å²) in [5.41, 5.74) is 10.0. The second-order valence-electron chi connectivity index (χ2n) is 8.00. The van der Waals surface area contributed by atoms with E-state index in [1.165, 1.54) is 0 Å². The van der Waals surface area contributed by atoms with Gasteiger partial charge in [0.25, 0.3) is 0 Å². The van der Waals surface area contributed by atoms with Crippen LogP contribution in [0.1, 0.15) is 28.2 Å². The third kappa shape index (κ3) is 3.50. The number of ether oxygens (including phenoxy) is 1. The van der Waals surface area contributed by atoms with Gasteiger partial charge in [-0.2, -0.15) is 5.26 Å². The number of fused-ring (bicyclic) bond motifs is 3. The Bertz CT molecular complexity index is 1580. The van der Waals surface area contributed by atoms with E-state index < -0.39 is 11.5 Å². The van der Waals surface area contributed by atoms with E-state index in [0.29, 0.717) is 21.7 Å². The lowest BCUT2D eigenvalue weighted by molar-refractivity contribution is 0.282. The van der Waals surface area contributed by atoms with E-state index in [0.717, 1.165) is 16.7 Å². The van der Waals surface area contributed by atoms with Crippen LogP contribution >= 0.6 is 11.6 Å². The van der Waals surface area contributed by atoms with Crippen LogP contribution in [0.5, 0.6) is 5.75 Å². The molecule has 3 heterocycles. The number of rotatable bonds is 3. The summed E-state index contributed by atoms with van der Waals surface area (Å²) in [7, 11) is 0. The molecule has 0 amide bonds. The molecule has 168 valence electrons. The van der Waals surface area contributed by atoms with E-state index in [-0.39, 0.29) is 35.0 Å². The Labute approximate surface area is 199 Å². The van der Waals surface area contributed by atoms with Crippen LogP contribution in [-0.2, 0) is 6.61 Å². The van der Waals surface area contributed by atoms with Crippen molar-refractivity contribution in [2.24, 2.45) is 5.73 Å². The molecule has 0 saturated carbocycles. The van der Waals surface area contributed by atoms with Crippen LogP contribution in [-0.4, -0.2) is 10.1 Å². The Hall–Kier alpha value is -4.12. The Balaban J connectivity index is 1.67. The van der Waals surface area contributed by atoms with Gasteiger partial charge < -0.3 is 20.0 Å². The lowest BCUT2D eigenvalue weighted by Crippen LogP contribution is -2.26. The largest absolute Gasteiger partial charge is 0.439 e. The summed E-state index contributed by atoms with van der Waals surface area (Å²) < 4.78 is 11.3. The first-order chi connectivity index (χ1) is 16.4. The molecule has 1 aliphatic heterocycles. The molecule has 0 bridgehead atoms. The number of nitrogens with zero attached hydrogens (tertiary/aromatic N) is 2. The van der Waals surface area contributed by atoms with Crippen LogP contribution in [0, 0.1) is 18.3 Å². The number of aryl methyl sites for hydroxylation is 1. The maximum absolute atomic E-state index is 13.1. The van der Waals surface area contributed by atoms with Gasteiger partial charge in [0.05, 0.1) is 23.5 Å². The smallest absolute Gasteiger partial charge is 0.344 e. The van der Waals surface area contributed by atoms with Crippen molar-refractivity contribution in [2.75, 3.05) is 0 Å². The Morgan fingerprint density at radius 2 is 1.94 bits per heavy atom. The summed E-state index contributed by atoms with van der Waals surface area (Å²) in [4.78, 5) is 17.3. The SMILES string of the molecule is Cc1cc(-c2ccc(C3C(C#N)=C(N)Oc4c3c(=O)oc3cc(CO)ccc43)cc2)cnc1Cl. The molecule has 0 radical (unpaired) electrons. The number of aliphatic hydroxyl groups excluding tert-OH is 1. The summed E-state index contributed by atoms with van der Waals surface area (Å²) in [5, 5.41) is 20.2. The fourth-order valence-electron chi connectivity index (χ4n) is 4.18. The minimum atomic E-state index is -0.758. The van der Waals surface area contributed by atoms with Crippen LogP contribution in [0.15, 0.2) is 75.4 Å². The topological polar surface area (TPSA) is 122 Å². The van der Waals surface area contributed by atoms with E-state index in [1.54, 1.807) is 24.4 Å². The normalized spacial score (nSPS) is 15.1. The molecule has 2 aromatic carbocycles. The minimum Gasteiger partial charge on any atom is -0.439 e. The molecule has 34 heavy (non-hydrogen) atoms. The molecule has 1 unspecified atom stereocenters. The Morgan fingerprint density at radius 1 is 1.18 bits per heavy atom. The highest BCUT2D eigenvalue weighted by atomic mass is 35.5. The number of allylic oxidation sites excluding steroid dienone is 1. The maximum atomic E-state index is 13.1. The Kier molecular flexibility index (Phi) is 5.33.